The minimum atomic E-state index is -0.353. The lowest BCUT2D eigenvalue weighted by molar-refractivity contribution is 0.0946. The lowest BCUT2D eigenvalue weighted by Gasteiger charge is -2.07. The van der Waals surface area contributed by atoms with Crippen LogP contribution in [0.5, 0.6) is 5.75 Å². The Labute approximate surface area is 159 Å². The number of halogens is 1. The van der Waals surface area contributed by atoms with Crippen molar-refractivity contribution in [3.8, 4) is 5.75 Å². The van der Waals surface area contributed by atoms with Crippen LogP contribution in [0.1, 0.15) is 21.6 Å². The van der Waals surface area contributed by atoms with E-state index in [9.17, 15) is 4.79 Å². The molecule has 1 heterocycles. The fraction of sp³-hybridized carbons (Fsp3) is 0.167. The van der Waals surface area contributed by atoms with Crippen LogP contribution in [0.15, 0.2) is 53.0 Å². The second-order valence-electron chi connectivity index (χ2n) is 5.62. The van der Waals surface area contributed by atoms with Crippen molar-refractivity contribution in [2.75, 3.05) is 12.8 Å². The first-order valence-corrected chi connectivity index (χ1v) is 8.71. The summed E-state index contributed by atoms with van der Waals surface area (Å²) in [5.74, 6) is 0.609. The zero-order valence-corrected chi connectivity index (χ0v) is 15.7. The number of carbonyl (C=O) groups excluding carboxylic acids is 1. The van der Waals surface area contributed by atoms with Gasteiger partial charge in [0, 0.05) is 6.54 Å². The van der Waals surface area contributed by atoms with Gasteiger partial charge in [0.2, 0.25) is 0 Å². The Morgan fingerprint density at radius 1 is 1.23 bits per heavy atom. The quantitative estimate of drug-likeness (QED) is 0.644. The summed E-state index contributed by atoms with van der Waals surface area (Å²) in [6.45, 7) is 0.796. The number of rotatable bonds is 6. The first kappa shape index (κ1) is 17.9. The van der Waals surface area contributed by atoms with Gasteiger partial charge in [-0.2, -0.15) is 0 Å². The number of benzene rings is 2. The normalized spacial score (nSPS) is 10.5. The second-order valence-corrected chi connectivity index (χ2v) is 6.47. The van der Waals surface area contributed by atoms with E-state index in [0.717, 1.165) is 21.3 Å². The SMILES string of the molecule is COc1ccc(Cn2nnc(C(=O)NCc3ccccc3)c2N)cc1Br. The molecule has 134 valence electrons. The van der Waals surface area contributed by atoms with Crippen molar-refractivity contribution in [1.82, 2.24) is 20.3 Å². The Kier molecular flexibility index (Phi) is 5.52. The molecular weight excluding hydrogens is 398 g/mol. The van der Waals surface area contributed by atoms with E-state index in [-0.39, 0.29) is 17.4 Å². The Bertz CT molecular complexity index is 911. The first-order valence-electron chi connectivity index (χ1n) is 7.92. The van der Waals surface area contributed by atoms with Crippen LogP contribution in [-0.4, -0.2) is 28.0 Å². The van der Waals surface area contributed by atoms with Crippen LogP contribution in [-0.2, 0) is 13.1 Å². The number of hydrogen-bond donors (Lipinski definition) is 2. The minimum Gasteiger partial charge on any atom is -0.496 e. The number of nitrogens with two attached hydrogens (primary N) is 1. The van der Waals surface area contributed by atoms with Gasteiger partial charge in [-0.25, -0.2) is 4.68 Å². The molecule has 0 fully saturated rings. The number of carbonyl (C=O) groups is 1. The number of amides is 1. The summed E-state index contributed by atoms with van der Waals surface area (Å²) < 4.78 is 7.54. The molecule has 0 bridgehead atoms. The predicted octanol–water partition coefficient (Wildman–Crippen LogP) is 2.61. The molecule has 3 aromatic rings. The van der Waals surface area contributed by atoms with Gasteiger partial charge in [-0.1, -0.05) is 41.6 Å². The fourth-order valence-corrected chi connectivity index (χ4v) is 3.03. The highest BCUT2D eigenvalue weighted by Gasteiger charge is 2.17. The van der Waals surface area contributed by atoms with Crippen molar-refractivity contribution in [3.63, 3.8) is 0 Å². The van der Waals surface area contributed by atoms with Crippen LogP contribution in [0.3, 0.4) is 0 Å². The maximum Gasteiger partial charge on any atom is 0.275 e. The molecule has 2 aromatic carbocycles. The van der Waals surface area contributed by atoms with Gasteiger partial charge in [0.15, 0.2) is 11.5 Å². The lowest BCUT2D eigenvalue weighted by atomic mass is 10.2. The smallest absolute Gasteiger partial charge is 0.275 e. The average molecular weight is 416 g/mol. The van der Waals surface area contributed by atoms with Crippen LogP contribution < -0.4 is 15.8 Å². The minimum absolute atomic E-state index is 0.119. The number of nitrogens with one attached hydrogen (secondary N) is 1. The van der Waals surface area contributed by atoms with Gasteiger partial charge in [0.1, 0.15) is 5.75 Å². The third-order valence-corrected chi connectivity index (χ3v) is 4.45. The van der Waals surface area contributed by atoms with Crippen LogP contribution >= 0.6 is 15.9 Å². The van der Waals surface area contributed by atoms with Gasteiger partial charge in [0.25, 0.3) is 5.91 Å². The monoisotopic (exact) mass is 415 g/mol. The average Bonchev–Trinajstić information content (AvgIpc) is 3.01. The standard InChI is InChI=1S/C18H18BrN5O2/c1-26-15-8-7-13(9-14(15)19)11-24-17(20)16(22-23-24)18(25)21-10-12-5-3-2-4-6-12/h2-9H,10-11,20H2,1H3,(H,21,25). The summed E-state index contributed by atoms with van der Waals surface area (Å²) in [5.41, 5.74) is 8.12. The molecule has 0 radical (unpaired) electrons. The number of ether oxygens (including phenoxy) is 1. The van der Waals surface area contributed by atoms with Crippen LogP contribution in [0.4, 0.5) is 5.82 Å². The maximum absolute atomic E-state index is 12.3. The molecule has 0 aliphatic heterocycles. The van der Waals surface area contributed by atoms with Crippen molar-refractivity contribution < 1.29 is 9.53 Å². The van der Waals surface area contributed by atoms with Gasteiger partial charge < -0.3 is 15.8 Å². The summed E-state index contributed by atoms with van der Waals surface area (Å²) in [6, 6.07) is 15.3. The molecule has 8 heteroatoms. The van der Waals surface area contributed by atoms with E-state index in [2.05, 4.69) is 31.6 Å². The molecule has 1 aromatic heterocycles. The first-order chi connectivity index (χ1) is 12.6. The number of methoxy groups -OCH3 is 1. The molecule has 0 atom stereocenters. The molecule has 0 spiro atoms. The van der Waals surface area contributed by atoms with Crippen molar-refractivity contribution >= 4 is 27.7 Å². The van der Waals surface area contributed by atoms with Crippen LogP contribution in [0, 0.1) is 0 Å². The Hall–Kier alpha value is -2.87. The maximum atomic E-state index is 12.3. The van der Waals surface area contributed by atoms with E-state index < -0.39 is 0 Å². The van der Waals surface area contributed by atoms with Crippen molar-refractivity contribution in [1.29, 1.82) is 0 Å². The van der Waals surface area contributed by atoms with Crippen LogP contribution in [0.2, 0.25) is 0 Å². The van der Waals surface area contributed by atoms with Gasteiger partial charge in [-0.05, 0) is 39.2 Å². The molecule has 0 aliphatic carbocycles. The molecule has 26 heavy (non-hydrogen) atoms. The zero-order valence-electron chi connectivity index (χ0n) is 14.1. The van der Waals surface area contributed by atoms with E-state index in [4.69, 9.17) is 10.5 Å². The fourth-order valence-electron chi connectivity index (χ4n) is 2.44. The molecular formula is C18H18BrN5O2. The van der Waals surface area contributed by atoms with Gasteiger partial charge >= 0.3 is 0 Å². The van der Waals surface area contributed by atoms with E-state index in [0.29, 0.717) is 13.1 Å². The molecule has 3 N–H and O–H groups in total. The van der Waals surface area contributed by atoms with Gasteiger partial charge in [0.05, 0.1) is 18.1 Å². The topological polar surface area (TPSA) is 95.1 Å². The highest BCUT2D eigenvalue weighted by atomic mass is 79.9. The molecule has 7 nitrogen and oxygen atoms in total. The van der Waals surface area contributed by atoms with Crippen LogP contribution in [0.25, 0.3) is 0 Å². The zero-order chi connectivity index (χ0) is 18.5. The number of nitrogens with zero attached hydrogens (tertiary/aromatic N) is 3. The van der Waals surface area contributed by atoms with Crippen molar-refractivity contribution in [2.45, 2.75) is 13.1 Å². The van der Waals surface area contributed by atoms with Gasteiger partial charge in [-0.3, -0.25) is 4.79 Å². The third-order valence-electron chi connectivity index (χ3n) is 3.83. The Morgan fingerprint density at radius 2 is 2.00 bits per heavy atom. The largest absolute Gasteiger partial charge is 0.496 e. The number of nitrogen functional groups attached to an aromatic ring is 1. The van der Waals surface area contributed by atoms with Crippen molar-refractivity contribution in [2.24, 2.45) is 0 Å². The molecule has 3 rings (SSSR count). The lowest BCUT2D eigenvalue weighted by Crippen LogP contribution is -2.24. The molecule has 0 saturated heterocycles. The molecule has 1 amide bonds. The third kappa shape index (κ3) is 4.02. The van der Waals surface area contributed by atoms with Crippen molar-refractivity contribution in [3.05, 3.63) is 69.8 Å². The van der Waals surface area contributed by atoms with E-state index >= 15 is 0 Å². The summed E-state index contributed by atoms with van der Waals surface area (Å²) in [6.07, 6.45) is 0. The molecule has 0 saturated carbocycles. The number of anilines is 1. The highest BCUT2D eigenvalue weighted by molar-refractivity contribution is 9.10. The van der Waals surface area contributed by atoms with Gasteiger partial charge in [-0.15, -0.1) is 5.10 Å². The summed E-state index contributed by atoms with van der Waals surface area (Å²) in [5, 5.41) is 10.7. The number of aromatic nitrogens is 3. The second kappa shape index (κ2) is 8.01. The molecule has 0 unspecified atom stereocenters. The van der Waals surface area contributed by atoms with E-state index in [1.807, 2.05) is 48.5 Å². The predicted molar refractivity (Wildman–Crippen MR) is 102 cm³/mol. The molecule has 0 aliphatic rings. The summed E-state index contributed by atoms with van der Waals surface area (Å²) in [7, 11) is 1.61. The summed E-state index contributed by atoms with van der Waals surface area (Å²) >= 11 is 3.44. The van der Waals surface area contributed by atoms with E-state index in [1.165, 1.54) is 4.68 Å². The highest BCUT2D eigenvalue weighted by Crippen LogP contribution is 2.26. The number of hydrogen-bond acceptors (Lipinski definition) is 5. The van der Waals surface area contributed by atoms with E-state index in [1.54, 1.807) is 7.11 Å². The Balaban J connectivity index is 1.69. The Morgan fingerprint density at radius 3 is 2.69 bits per heavy atom. The summed E-state index contributed by atoms with van der Waals surface area (Å²) in [4.78, 5) is 12.3.